The molecule has 5 heteroatoms. The Bertz CT molecular complexity index is 889. The zero-order chi connectivity index (χ0) is 20.9. The van der Waals surface area contributed by atoms with Gasteiger partial charge in [-0.2, -0.15) is 0 Å². The van der Waals surface area contributed by atoms with Crippen molar-refractivity contribution in [1.29, 1.82) is 0 Å². The molecule has 0 aromatic heterocycles. The summed E-state index contributed by atoms with van der Waals surface area (Å²) in [6.07, 6.45) is 4.78. The molecule has 0 spiro atoms. The lowest BCUT2D eigenvalue weighted by atomic mass is 10.0. The lowest BCUT2D eigenvalue weighted by Gasteiger charge is -2.38. The lowest BCUT2D eigenvalue weighted by Crippen LogP contribution is -2.53. The van der Waals surface area contributed by atoms with Crippen LogP contribution in [-0.4, -0.2) is 71.8 Å². The van der Waals surface area contributed by atoms with Crippen LogP contribution in [0.4, 0.5) is 0 Å². The first-order valence-corrected chi connectivity index (χ1v) is 11.4. The fraction of sp³-hybridized carbons (Fsp3) is 0.520. The van der Waals surface area contributed by atoms with Crippen LogP contribution in [0.25, 0.3) is 10.8 Å². The number of amides is 2. The van der Waals surface area contributed by atoms with Crippen LogP contribution in [0.3, 0.4) is 0 Å². The molecule has 2 aliphatic heterocycles. The van der Waals surface area contributed by atoms with Crippen LogP contribution >= 0.6 is 0 Å². The van der Waals surface area contributed by atoms with Gasteiger partial charge in [0, 0.05) is 45.2 Å². The summed E-state index contributed by atoms with van der Waals surface area (Å²) < 4.78 is 0. The largest absolute Gasteiger partial charge is 0.340 e. The maximum absolute atomic E-state index is 12.7. The van der Waals surface area contributed by atoms with Crippen LogP contribution < -0.4 is 0 Å². The highest BCUT2D eigenvalue weighted by atomic mass is 16.2. The van der Waals surface area contributed by atoms with E-state index in [1.807, 2.05) is 21.9 Å². The van der Waals surface area contributed by atoms with E-state index in [2.05, 4.69) is 42.2 Å². The highest BCUT2D eigenvalue weighted by Crippen LogP contribution is 2.18. The Morgan fingerprint density at radius 1 is 0.900 bits per heavy atom. The number of carbonyl (C=O) groups excluding carboxylic acids is 2. The molecule has 2 aromatic rings. The summed E-state index contributed by atoms with van der Waals surface area (Å²) in [5.74, 6) is 0.470. The van der Waals surface area contributed by atoms with Gasteiger partial charge in [0.2, 0.25) is 11.8 Å². The minimum Gasteiger partial charge on any atom is -0.340 e. The number of piperidine rings is 1. The molecule has 160 valence electrons. The summed E-state index contributed by atoms with van der Waals surface area (Å²) in [7, 11) is 0. The quantitative estimate of drug-likeness (QED) is 0.764. The summed E-state index contributed by atoms with van der Waals surface area (Å²) in [6.45, 7) is 6.56. The second-order valence-electron chi connectivity index (χ2n) is 8.77. The van der Waals surface area contributed by atoms with Crippen molar-refractivity contribution in [2.45, 2.75) is 45.1 Å². The van der Waals surface area contributed by atoms with Gasteiger partial charge in [0.05, 0.1) is 6.54 Å². The van der Waals surface area contributed by atoms with Gasteiger partial charge < -0.3 is 9.80 Å². The van der Waals surface area contributed by atoms with Crippen molar-refractivity contribution in [2.75, 3.05) is 39.3 Å². The molecular weight excluding hydrogens is 374 g/mol. The van der Waals surface area contributed by atoms with E-state index in [4.69, 9.17) is 0 Å². The second kappa shape index (κ2) is 9.61. The molecule has 2 fully saturated rings. The Balaban J connectivity index is 1.22. The number of benzene rings is 2. The van der Waals surface area contributed by atoms with E-state index in [-0.39, 0.29) is 11.8 Å². The van der Waals surface area contributed by atoms with Crippen LogP contribution in [0.5, 0.6) is 0 Å². The maximum Gasteiger partial charge on any atom is 0.236 e. The van der Waals surface area contributed by atoms with Crippen LogP contribution in [0.1, 0.15) is 38.2 Å². The van der Waals surface area contributed by atoms with Gasteiger partial charge in [-0.3, -0.25) is 14.5 Å². The van der Waals surface area contributed by atoms with E-state index >= 15 is 0 Å². The highest BCUT2D eigenvalue weighted by Gasteiger charge is 2.27. The van der Waals surface area contributed by atoms with Gasteiger partial charge in [0.15, 0.2) is 0 Å². The summed E-state index contributed by atoms with van der Waals surface area (Å²) in [6, 6.07) is 15.1. The molecule has 2 aromatic carbocycles. The van der Waals surface area contributed by atoms with E-state index in [0.29, 0.717) is 19.0 Å². The molecular formula is C25H33N3O2. The van der Waals surface area contributed by atoms with Crippen molar-refractivity contribution in [3.05, 3.63) is 48.0 Å². The maximum atomic E-state index is 12.7. The predicted octanol–water partition coefficient (Wildman–Crippen LogP) is 3.32. The number of aryl methyl sites for hydroxylation is 1. The van der Waals surface area contributed by atoms with E-state index < -0.39 is 0 Å². The second-order valence-corrected chi connectivity index (χ2v) is 8.77. The van der Waals surface area contributed by atoms with Crippen LogP contribution in [0.2, 0.25) is 0 Å². The van der Waals surface area contributed by atoms with E-state index in [9.17, 15) is 9.59 Å². The number of carbonyl (C=O) groups is 2. The van der Waals surface area contributed by atoms with Crippen molar-refractivity contribution in [3.63, 3.8) is 0 Å². The monoisotopic (exact) mass is 407 g/mol. The van der Waals surface area contributed by atoms with E-state index in [0.717, 1.165) is 52.0 Å². The normalized spacial score (nSPS) is 20.5. The fourth-order valence-electron chi connectivity index (χ4n) is 4.71. The number of hydrogen-bond donors (Lipinski definition) is 0. The highest BCUT2D eigenvalue weighted by molar-refractivity contribution is 5.83. The van der Waals surface area contributed by atoms with Gasteiger partial charge in [-0.15, -0.1) is 0 Å². The number of hydrogen-bond acceptors (Lipinski definition) is 3. The average Bonchev–Trinajstić information content (AvgIpc) is 2.78. The van der Waals surface area contributed by atoms with E-state index in [1.54, 1.807) is 0 Å². The average molecular weight is 408 g/mol. The molecule has 2 saturated heterocycles. The van der Waals surface area contributed by atoms with Crippen molar-refractivity contribution in [3.8, 4) is 0 Å². The Kier molecular flexibility index (Phi) is 6.68. The lowest BCUT2D eigenvalue weighted by molar-refractivity contribution is -0.137. The Labute approximate surface area is 179 Å². The minimum atomic E-state index is 0.221. The molecule has 2 aliphatic rings. The summed E-state index contributed by atoms with van der Waals surface area (Å²) in [4.78, 5) is 31.6. The molecule has 0 bridgehead atoms. The summed E-state index contributed by atoms with van der Waals surface area (Å²) in [5, 5.41) is 2.46. The minimum absolute atomic E-state index is 0.221. The number of fused-ring (bicyclic) bond motifs is 1. The van der Waals surface area contributed by atoms with Crippen molar-refractivity contribution >= 4 is 22.6 Å². The third kappa shape index (κ3) is 5.01. The first-order valence-electron chi connectivity index (χ1n) is 11.4. The van der Waals surface area contributed by atoms with E-state index in [1.165, 1.54) is 22.8 Å². The van der Waals surface area contributed by atoms with Crippen LogP contribution in [-0.2, 0) is 16.0 Å². The van der Waals surface area contributed by atoms with Crippen LogP contribution in [0, 0.1) is 0 Å². The Hall–Kier alpha value is -2.40. The third-order valence-electron chi connectivity index (χ3n) is 6.65. The molecule has 5 nitrogen and oxygen atoms in total. The molecule has 0 saturated carbocycles. The predicted molar refractivity (Wildman–Crippen MR) is 120 cm³/mol. The van der Waals surface area contributed by atoms with Gasteiger partial charge in [-0.05, 0) is 48.9 Å². The van der Waals surface area contributed by atoms with Gasteiger partial charge in [-0.25, -0.2) is 0 Å². The first kappa shape index (κ1) is 20.9. The van der Waals surface area contributed by atoms with Gasteiger partial charge in [-0.1, -0.05) is 42.5 Å². The molecule has 1 unspecified atom stereocenters. The fourth-order valence-corrected chi connectivity index (χ4v) is 4.71. The molecule has 4 rings (SSSR count). The first-order chi connectivity index (χ1) is 14.6. The number of nitrogens with zero attached hydrogens (tertiary/aromatic N) is 3. The SMILES string of the molecule is CC1CCCCN1C(=O)CN1CCN(C(=O)CCc2ccc3ccccc3c2)CC1. The van der Waals surface area contributed by atoms with Crippen molar-refractivity contribution < 1.29 is 9.59 Å². The topological polar surface area (TPSA) is 43.9 Å². The number of piperazine rings is 1. The molecule has 2 amide bonds. The van der Waals surface area contributed by atoms with Gasteiger partial charge >= 0.3 is 0 Å². The summed E-state index contributed by atoms with van der Waals surface area (Å²) in [5.41, 5.74) is 1.21. The standard InChI is InChI=1S/C25H33N3O2/c1-20-6-4-5-13-28(20)25(30)19-26-14-16-27(17-15-26)24(29)12-10-21-9-11-22-7-2-3-8-23(22)18-21/h2-3,7-9,11,18,20H,4-6,10,12-17,19H2,1H3. The molecule has 1 atom stereocenters. The summed E-state index contributed by atoms with van der Waals surface area (Å²) >= 11 is 0. The Morgan fingerprint density at radius 3 is 2.43 bits per heavy atom. The zero-order valence-electron chi connectivity index (χ0n) is 18.1. The number of likely N-dealkylation sites (tertiary alicyclic amines) is 1. The van der Waals surface area contributed by atoms with Gasteiger partial charge in [0.25, 0.3) is 0 Å². The van der Waals surface area contributed by atoms with Crippen molar-refractivity contribution in [2.24, 2.45) is 0 Å². The van der Waals surface area contributed by atoms with Crippen molar-refractivity contribution in [1.82, 2.24) is 14.7 Å². The molecule has 2 heterocycles. The molecule has 0 N–H and O–H groups in total. The molecule has 0 radical (unpaired) electrons. The molecule has 30 heavy (non-hydrogen) atoms. The molecule has 0 aliphatic carbocycles. The third-order valence-corrected chi connectivity index (χ3v) is 6.65. The zero-order valence-corrected chi connectivity index (χ0v) is 18.1. The Morgan fingerprint density at radius 2 is 1.67 bits per heavy atom. The van der Waals surface area contributed by atoms with Crippen LogP contribution in [0.15, 0.2) is 42.5 Å². The number of rotatable bonds is 5. The van der Waals surface area contributed by atoms with Gasteiger partial charge in [0.1, 0.15) is 0 Å². The smallest absolute Gasteiger partial charge is 0.236 e.